The van der Waals surface area contributed by atoms with E-state index in [1.807, 2.05) is 39.6 Å². The Balaban J connectivity index is 0.000000344. The maximum atomic E-state index is 5.14. The van der Waals surface area contributed by atoms with E-state index < -0.39 is 0 Å². The Morgan fingerprint density at radius 3 is 1.15 bits per heavy atom. The standard InChI is InChI=1S/2C10H16S.C9H15NO.C9H15NS.C8H15N3/c2*1-7(2)9-5-10(8(3)4)11-6-9;2*1-6(2)8-5-9(7(3)4)11-10-8;1-6(2)8-5-11(7(3)4)10-9-8/h2*5-8H,1-4H3;3*5-7H,1-4H3. The topological polar surface area (TPSA) is 69.6 Å². The molecule has 5 rings (SSSR count). The Hall–Kier alpha value is -2.62. The summed E-state index contributed by atoms with van der Waals surface area (Å²) in [6, 6.07) is 9.34. The van der Waals surface area contributed by atoms with Crippen LogP contribution in [0.1, 0.15) is 246 Å². The zero-order chi connectivity index (χ0) is 42.2. The van der Waals surface area contributed by atoms with Crippen LogP contribution in [0, 0.1) is 0 Å². The lowest BCUT2D eigenvalue weighted by molar-refractivity contribution is 0.363. The van der Waals surface area contributed by atoms with Crippen molar-refractivity contribution in [1.29, 1.82) is 0 Å². The van der Waals surface area contributed by atoms with E-state index in [1.165, 1.54) is 31.5 Å². The molecule has 5 aromatic heterocycles. The van der Waals surface area contributed by atoms with Gasteiger partial charge in [0.05, 0.1) is 17.1 Å². The number of aromatic nitrogens is 5. The number of hydrogen-bond donors (Lipinski definition) is 0. The van der Waals surface area contributed by atoms with Crippen molar-refractivity contribution in [3.05, 3.63) is 89.8 Å². The monoisotopic (exact) mass is 812 g/mol. The molecule has 9 heteroatoms. The van der Waals surface area contributed by atoms with Crippen LogP contribution in [0.3, 0.4) is 0 Å². The van der Waals surface area contributed by atoms with E-state index in [2.05, 4.69) is 187 Å². The average Bonchev–Trinajstić information content (AvgIpc) is 3.95. The van der Waals surface area contributed by atoms with Crippen molar-refractivity contribution >= 4 is 34.2 Å². The van der Waals surface area contributed by atoms with Crippen LogP contribution < -0.4 is 0 Å². The largest absolute Gasteiger partial charge is 0.361 e. The first-order valence-electron chi connectivity index (χ1n) is 20.6. The van der Waals surface area contributed by atoms with Gasteiger partial charge in [-0.1, -0.05) is 135 Å². The molecule has 0 radical (unpaired) electrons. The van der Waals surface area contributed by atoms with Gasteiger partial charge in [-0.2, -0.15) is 4.37 Å². The molecule has 55 heavy (non-hydrogen) atoms. The van der Waals surface area contributed by atoms with Crippen molar-refractivity contribution in [3.63, 3.8) is 0 Å². The Kier molecular flexibility index (Phi) is 22.8. The molecule has 0 atom stereocenters. The van der Waals surface area contributed by atoms with Gasteiger partial charge >= 0.3 is 0 Å². The highest BCUT2D eigenvalue weighted by Gasteiger charge is 2.11. The van der Waals surface area contributed by atoms with E-state index in [-0.39, 0.29) is 0 Å². The summed E-state index contributed by atoms with van der Waals surface area (Å²) in [5.41, 5.74) is 6.32. The van der Waals surface area contributed by atoms with Gasteiger partial charge in [0.15, 0.2) is 0 Å². The summed E-state index contributed by atoms with van der Waals surface area (Å²) in [6.07, 6.45) is 2.01. The van der Waals surface area contributed by atoms with Gasteiger partial charge in [0.1, 0.15) is 5.76 Å². The highest BCUT2D eigenvalue weighted by molar-refractivity contribution is 7.10. The van der Waals surface area contributed by atoms with Crippen molar-refractivity contribution < 1.29 is 4.52 Å². The lowest BCUT2D eigenvalue weighted by atomic mass is 10.1. The second-order valence-corrected chi connectivity index (χ2v) is 20.2. The summed E-state index contributed by atoms with van der Waals surface area (Å²) >= 11 is 5.41. The molecule has 0 fully saturated rings. The smallest absolute Gasteiger partial charge is 0.139 e. The van der Waals surface area contributed by atoms with E-state index >= 15 is 0 Å². The van der Waals surface area contributed by atoms with Crippen LogP contribution in [0.15, 0.2) is 45.7 Å². The molecule has 0 aliphatic carbocycles. The molecule has 6 nitrogen and oxygen atoms in total. The summed E-state index contributed by atoms with van der Waals surface area (Å²) < 4.78 is 11.4. The average molecular weight is 812 g/mol. The van der Waals surface area contributed by atoms with Crippen molar-refractivity contribution in [2.24, 2.45) is 0 Å². The van der Waals surface area contributed by atoms with Crippen LogP contribution in [0.25, 0.3) is 0 Å². The highest BCUT2D eigenvalue weighted by Crippen LogP contribution is 2.28. The first-order chi connectivity index (χ1) is 25.5. The van der Waals surface area contributed by atoms with Crippen molar-refractivity contribution in [2.75, 3.05) is 0 Å². The lowest BCUT2D eigenvalue weighted by Crippen LogP contribution is -2.00. The number of nitrogens with zero attached hydrogens (tertiary/aromatic N) is 5. The third-order valence-electron chi connectivity index (χ3n) is 8.81. The van der Waals surface area contributed by atoms with Gasteiger partial charge < -0.3 is 4.52 Å². The minimum absolute atomic E-state index is 0.412. The maximum Gasteiger partial charge on any atom is 0.139 e. The molecule has 0 N–H and O–H groups in total. The Morgan fingerprint density at radius 1 is 0.473 bits per heavy atom. The molecule has 0 aliphatic rings. The molecule has 0 saturated carbocycles. The number of thiophene rings is 2. The van der Waals surface area contributed by atoms with Crippen molar-refractivity contribution in [2.45, 2.75) is 198 Å². The quantitative estimate of drug-likeness (QED) is 0.140. The van der Waals surface area contributed by atoms with Crippen molar-refractivity contribution in [3.8, 4) is 0 Å². The fourth-order valence-corrected chi connectivity index (χ4v) is 7.49. The summed E-state index contributed by atoms with van der Waals surface area (Å²) in [7, 11) is 0. The van der Waals surface area contributed by atoms with E-state index in [4.69, 9.17) is 4.52 Å². The van der Waals surface area contributed by atoms with Gasteiger partial charge in [0, 0.05) is 38.9 Å². The summed E-state index contributed by atoms with van der Waals surface area (Å²) in [6.45, 7) is 43.6. The molecular formula is C46H77N5OS3. The maximum absolute atomic E-state index is 5.14. The normalized spacial score (nSPS) is 11.5. The molecular weight excluding hydrogens is 735 g/mol. The fraction of sp³-hybridized carbons (Fsp3) is 0.652. The molecule has 0 amide bonds. The second kappa shape index (κ2) is 24.9. The zero-order valence-electron chi connectivity index (χ0n) is 38.2. The van der Waals surface area contributed by atoms with Crippen LogP contribution in [-0.4, -0.2) is 24.5 Å². The molecule has 0 bridgehead atoms. The molecule has 0 spiro atoms. The molecule has 5 aromatic rings. The SMILES string of the molecule is CC(C)c1cc(C(C)C)on1.CC(C)c1cc(C(C)C)sn1.CC(C)c1cn(C(C)C)nn1.CC(C)c1csc(C(C)C)c1.CC(C)c1csc(C(C)C)c1. The Bertz CT molecular complexity index is 1310. The van der Waals surface area contributed by atoms with Crippen LogP contribution >= 0.6 is 34.2 Å². The second-order valence-electron chi connectivity index (χ2n) is 17.5. The van der Waals surface area contributed by atoms with Gasteiger partial charge in [0.2, 0.25) is 0 Å². The summed E-state index contributed by atoms with van der Waals surface area (Å²) in [4.78, 5) is 4.41. The van der Waals surface area contributed by atoms with Crippen LogP contribution in [0.4, 0.5) is 0 Å². The number of hydrogen-bond acceptors (Lipinski definition) is 8. The van der Waals surface area contributed by atoms with Gasteiger partial charge in [-0.05, 0) is 113 Å². The molecule has 0 aromatic carbocycles. The molecule has 310 valence electrons. The first kappa shape index (κ1) is 50.4. The fourth-order valence-electron chi connectivity index (χ4n) is 4.45. The molecule has 0 unspecified atom stereocenters. The molecule has 0 saturated heterocycles. The minimum atomic E-state index is 0.412. The Morgan fingerprint density at radius 2 is 0.927 bits per heavy atom. The zero-order valence-corrected chi connectivity index (χ0v) is 40.6. The van der Waals surface area contributed by atoms with Gasteiger partial charge in [-0.3, -0.25) is 0 Å². The third kappa shape index (κ3) is 18.5. The Labute approximate surface area is 349 Å². The van der Waals surface area contributed by atoms with E-state index in [0.717, 1.165) is 17.1 Å². The predicted molar refractivity (Wildman–Crippen MR) is 244 cm³/mol. The van der Waals surface area contributed by atoms with Crippen molar-refractivity contribution in [1.82, 2.24) is 24.5 Å². The van der Waals surface area contributed by atoms with E-state index in [9.17, 15) is 0 Å². The van der Waals surface area contributed by atoms with Gasteiger partial charge in [-0.15, -0.1) is 27.8 Å². The predicted octanol–water partition coefficient (Wildman–Crippen LogP) is 16.3. The van der Waals surface area contributed by atoms with Crippen LogP contribution in [0.2, 0.25) is 0 Å². The van der Waals surface area contributed by atoms with Crippen LogP contribution in [0.5, 0.6) is 0 Å². The first-order valence-corrected chi connectivity index (χ1v) is 23.1. The third-order valence-corrected chi connectivity index (χ3v) is 12.4. The van der Waals surface area contributed by atoms with E-state index in [1.54, 1.807) is 11.5 Å². The van der Waals surface area contributed by atoms with Crippen LogP contribution in [-0.2, 0) is 0 Å². The minimum Gasteiger partial charge on any atom is -0.361 e. The van der Waals surface area contributed by atoms with E-state index in [0.29, 0.717) is 59.3 Å². The van der Waals surface area contributed by atoms with Gasteiger partial charge in [-0.25, -0.2) is 4.68 Å². The molecule has 0 aliphatic heterocycles. The summed E-state index contributed by atoms with van der Waals surface area (Å²) in [5, 5.41) is 16.6. The highest BCUT2D eigenvalue weighted by atomic mass is 32.1. The molecule has 5 heterocycles. The summed E-state index contributed by atoms with van der Waals surface area (Å²) in [5.74, 6) is 6.29. The van der Waals surface area contributed by atoms with Gasteiger partial charge in [0.25, 0.3) is 0 Å². The number of rotatable bonds is 10. The lowest BCUT2D eigenvalue weighted by Gasteiger charge is -2.01.